The third-order valence-electron chi connectivity index (χ3n) is 2.00. The van der Waals surface area contributed by atoms with Crippen LogP contribution in [0.4, 0.5) is 0 Å². The van der Waals surface area contributed by atoms with Crippen molar-refractivity contribution in [1.29, 1.82) is 0 Å². The maximum absolute atomic E-state index is 11.8. The standard InChI is InChI=1S/C11H8N2O2/c14-11(15,9-5-1-3-7-12-9)10-6-2-4-8-13-10/h1-8H/q-2. The molecule has 2 rings (SSSR count). The van der Waals surface area contributed by atoms with Crippen LogP contribution in [-0.2, 0) is 5.79 Å². The first-order valence-electron chi connectivity index (χ1n) is 4.45. The molecule has 15 heavy (non-hydrogen) atoms. The first-order chi connectivity index (χ1) is 7.21. The van der Waals surface area contributed by atoms with Crippen molar-refractivity contribution in [3.05, 3.63) is 60.2 Å². The van der Waals surface area contributed by atoms with E-state index < -0.39 is 5.79 Å². The highest BCUT2D eigenvalue weighted by atomic mass is 16.5. The molecule has 76 valence electrons. The summed E-state index contributed by atoms with van der Waals surface area (Å²) in [5.74, 6) is -2.64. The quantitative estimate of drug-likeness (QED) is 0.607. The minimum atomic E-state index is -2.64. The predicted octanol–water partition coefficient (Wildman–Crippen LogP) is -0.602. The topological polar surface area (TPSA) is 71.9 Å². The van der Waals surface area contributed by atoms with Gasteiger partial charge in [-0.1, -0.05) is 12.1 Å². The van der Waals surface area contributed by atoms with E-state index in [4.69, 9.17) is 0 Å². The summed E-state index contributed by atoms with van der Waals surface area (Å²) in [5.41, 5.74) is -0.132. The zero-order valence-corrected chi connectivity index (χ0v) is 7.83. The lowest BCUT2D eigenvalue weighted by Gasteiger charge is -2.46. The number of aromatic nitrogens is 2. The van der Waals surface area contributed by atoms with Gasteiger partial charge in [0.15, 0.2) is 0 Å². The smallest absolute Gasteiger partial charge is 0.0270 e. The van der Waals surface area contributed by atoms with Crippen LogP contribution in [0, 0.1) is 0 Å². The second-order valence-electron chi connectivity index (χ2n) is 3.05. The highest BCUT2D eigenvalue weighted by Crippen LogP contribution is 2.15. The molecule has 0 radical (unpaired) electrons. The zero-order valence-electron chi connectivity index (χ0n) is 7.83. The fourth-order valence-electron chi connectivity index (χ4n) is 1.25. The fraction of sp³-hybridized carbons (Fsp3) is 0.0909. The second kappa shape index (κ2) is 3.76. The van der Waals surface area contributed by atoms with E-state index in [0.29, 0.717) is 0 Å². The van der Waals surface area contributed by atoms with Gasteiger partial charge in [-0.2, -0.15) is 0 Å². The Kier molecular flexibility index (Phi) is 2.45. The number of rotatable bonds is 2. The molecule has 0 N–H and O–H groups in total. The molecule has 0 unspecified atom stereocenters. The molecule has 0 amide bonds. The molecule has 0 aromatic carbocycles. The number of hydrogen-bond acceptors (Lipinski definition) is 4. The van der Waals surface area contributed by atoms with Gasteiger partial charge in [-0.3, -0.25) is 9.97 Å². The van der Waals surface area contributed by atoms with E-state index in [1.54, 1.807) is 24.3 Å². The van der Waals surface area contributed by atoms with Gasteiger partial charge in [-0.05, 0) is 24.3 Å². The van der Waals surface area contributed by atoms with E-state index in [2.05, 4.69) is 9.97 Å². The van der Waals surface area contributed by atoms with Crippen LogP contribution in [0.3, 0.4) is 0 Å². The van der Waals surface area contributed by atoms with Crippen molar-refractivity contribution in [3.63, 3.8) is 0 Å². The normalized spacial score (nSPS) is 11.3. The summed E-state index contributed by atoms with van der Waals surface area (Å²) in [6.45, 7) is 0. The molecule has 0 aliphatic carbocycles. The minimum absolute atomic E-state index is 0.0660. The van der Waals surface area contributed by atoms with Crippen LogP contribution >= 0.6 is 0 Å². The molecule has 0 bridgehead atoms. The lowest BCUT2D eigenvalue weighted by molar-refractivity contribution is -0.720. The molecule has 0 saturated carbocycles. The van der Waals surface area contributed by atoms with E-state index >= 15 is 0 Å². The predicted molar refractivity (Wildman–Crippen MR) is 49.3 cm³/mol. The molecule has 2 aromatic rings. The Morgan fingerprint density at radius 1 is 0.800 bits per heavy atom. The highest BCUT2D eigenvalue weighted by Gasteiger charge is 2.09. The van der Waals surface area contributed by atoms with Gasteiger partial charge >= 0.3 is 0 Å². The Hall–Kier alpha value is -1.78. The average molecular weight is 200 g/mol. The molecule has 0 aliphatic heterocycles. The van der Waals surface area contributed by atoms with Gasteiger partial charge in [0.2, 0.25) is 0 Å². The molecule has 0 saturated heterocycles. The van der Waals surface area contributed by atoms with Gasteiger partial charge < -0.3 is 10.2 Å². The van der Waals surface area contributed by atoms with E-state index in [1.165, 1.54) is 24.5 Å². The summed E-state index contributed by atoms with van der Waals surface area (Å²) >= 11 is 0. The summed E-state index contributed by atoms with van der Waals surface area (Å²) in [5, 5.41) is 23.7. The summed E-state index contributed by atoms with van der Waals surface area (Å²) in [6.07, 6.45) is 2.84. The van der Waals surface area contributed by atoms with Crippen molar-refractivity contribution in [2.45, 2.75) is 5.79 Å². The third kappa shape index (κ3) is 1.86. The largest absolute Gasteiger partial charge is 0.854 e. The summed E-state index contributed by atoms with van der Waals surface area (Å²) in [4.78, 5) is 7.52. The van der Waals surface area contributed by atoms with Crippen molar-refractivity contribution in [2.75, 3.05) is 0 Å². The third-order valence-corrected chi connectivity index (χ3v) is 2.00. The summed E-state index contributed by atoms with van der Waals surface area (Å²) in [7, 11) is 0. The van der Waals surface area contributed by atoms with Crippen LogP contribution in [0.15, 0.2) is 48.8 Å². The lowest BCUT2D eigenvalue weighted by atomic mass is 10.1. The summed E-state index contributed by atoms with van der Waals surface area (Å²) in [6, 6.07) is 9.34. The van der Waals surface area contributed by atoms with Gasteiger partial charge in [0.25, 0.3) is 0 Å². The Labute approximate surface area is 86.9 Å². The molecule has 2 aromatic heterocycles. The van der Waals surface area contributed by atoms with Crippen molar-refractivity contribution < 1.29 is 10.2 Å². The molecule has 0 aliphatic rings. The monoisotopic (exact) mass is 200 g/mol. The van der Waals surface area contributed by atoms with Gasteiger partial charge in [-0.25, -0.2) is 0 Å². The number of pyridine rings is 2. The van der Waals surface area contributed by atoms with E-state index in [9.17, 15) is 10.2 Å². The SMILES string of the molecule is [O-]C([O-])(c1ccccn1)c1ccccn1. The Balaban J connectivity index is 2.44. The Morgan fingerprint density at radius 2 is 1.27 bits per heavy atom. The highest BCUT2D eigenvalue weighted by molar-refractivity contribution is 5.21. The zero-order chi connectivity index (χ0) is 10.7. The van der Waals surface area contributed by atoms with Crippen molar-refractivity contribution >= 4 is 0 Å². The molecular weight excluding hydrogens is 192 g/mol. The molecule has 4 nitrogen and oxygen atoms in total. The van der Waals surface area contributed by atoms with Gasteiger partial charge in [0, 0.05) is 23.8 Å². The fourth-order valence-corrected chi connectivity index (χ4v) is 1.25. The van der Waals surface area contributed by atoms with E-state index in [-0.39, 0.29) is 11.4 Å². The van der Waals surface area contributed by atoms with Gasteiger partial charge in [-0.15, -0.1) is 5.79 Å². The molecule has 4 heteroatoms. The van der Waals surface area contributed by atoms with Crippen molar-refractivity contribution in [2.24, 2.45) is 0 Å². The van der Waals surface area contributed by atoms with Crippen molar-refractivity contribution in [1.82, 2.24) is 9.97 Å². The molecule has 0 spiro atoms. The Bertz CT molecular complexity index is 387. The van der Waals surface area contributed by atoms with Crippen LogP contribution in [-0.4, -0.2) is 9.97 Å². The maximum atomic E-state index is 11.8. The second-order valence-corrected chi connectivity index (χ2v) is 3.05. The van der Waals surface area contributed by atoms with Crippen LogP contribution < -0.4 is 10.2 Å². The van der Waals surface area contributed by atoms with Gasteiger partial charge in [0.05, 0.1) is 0 Å². The van der Waals surface area contributed by atoms with Crippen LogP contribution in [0.25, 0.3) is 0 Å². The first-order valence-corrected chi connectivity index (χ1v) is 4.45. The van der Waals surface area contributed by atoms with E-state index in [1.807, 2.05) is 0 Å². The molecular formula is C11H8N2O2-2. The first kappa shape index (κ1) is 9.76. The number of nitrogens with zero attached hydrogens (tertiary/aromatic N) is 2. The lowest BCUT2D eigenvalue weighted by Crippen LogP contribution is -2.54. The number of hydrogen-bond donors (Lipinski definition) is 0. The van der Waals surface area contributed by atoms with Crippen LogP contribution in [0.1, 0.15) is 11.4 Å². The molecule has 0 fully saturated rings. The molecule has 2 heterocycles. The van der Waals surface area contributed by atoms with E-state index in [0.717, 1.165) is 0 Å². The van der Waals surface area contributed by atoms with Crippen LogP contribution in [0.2, 0.25) is 0 Å². The minimum Gasteiger partial charge on any atom is -0.854 e. The Morgan fingerprint density at radius 3 is 1.60 bits per heavy atom. The van der Waals surface area contributed by atoms with Gasteiger partial charge in [0.1, 0.15) is 0 Å². The average Bonchev–Trinajstić information content (AvgIpc) is 2.31. The maximum Gasteiger partial charge on any atom is 0.0270 e. The van der Waals surface area contributed by atoms with Crippen molar-refractivity contribution in [3.8, 4) is 0 Å². The summed E-state index contributed by atoms with van der Waals surface area (Å²) < 4.78 is 0. The molecule has 0 atom stereocenters. The van der Waals surface area contributed by atoms with Crippen LogP contribution in [0.5, 0.6) is 0 Å².